The second-order valence-electron chi connectivity index (χ2n) is 3.66. The number of rotatable bonds is 7. The molecule has 1 aromatic rings. The molecular formula is C13H17N3O3. The van der Waals surface area contributed by atoms with Gasteiger partial charge in [0.05, 0.1) is 6.61 Å². The van der Waals surface area contributed by atoms with Crippen molar-refractivity contribution in [2.45, 2.75) is 0 Å². The Morgan fingerprint density at radius 2 is 1.95 bits per heavy atom. The number of methoxy groups -OCH3 is 1. The van der Waals surface area contributed by atoms with Gasteiger partial charge in [0.2, 0.25) is 0 Å². The highest BCUT2D eigenvalue weighted by atomic mass is 16.5. The third-order valence-electron chi connectivity index (χ3n) is 2.21. The fourth-order valence-electron chi connectivity index (χ4n) is 1.30. The van der Waals surface area contributed by atoms with E-state index in [1.165, 1.54) is 0 Å². The fourth-order valence-corrected chi connectivity index (χ4v) is 1.30. The Labute approximate surface area is 111 Å². The zero-order chi connectivity index (χ0) is 14.1. The topological polar surface area (TPSA) is 80.3 Å². The summed E-state index contributed by atoms with van der Waals surface area (Å²) in [7, 11) is 1.55. The Bertz CT molecular complexity index is 460. The maximum absolute atomic E-state index is 11.7. The first-order valence-electron chi connectivity index (χ1n) is 5.82. The predicted molar refractivity (Wildman–Crippen MR) is 71.0 cm³/mol. The highest BCUT2D eigenvalue weighted by molar-refractivity contribution is 5.96. The number of hydrogen-bond acceptors (Lipinski definition) is 4. The summed E-state index contributed by atoms with van der Waals surface area (Å²) in [6, 6.07) is 4.71. The van der Waals surface area contributed by atoms with Gasteiger partial charge in [-0.25, -0.2) is 4.98 Å². The van der Waals surface area contributed by atoms with Crippen LogP contribution in [0.25, 0.3) is 0 Å². The highest BCUT2D eigenvalue weighted by Crippen LogP contribution is 1.99. The zero-order valence-corrected chi connectivity index (χ0v) is 10.8. The summed E-state index contributed by atoms with van der Waals surface area (Å²) in [5.41, 5.74) is 0.392. The molecule has 1 heterocycles. The maximum atomic E-state index is 11.7. The average molecular weight is 263 g/mol. The second-order valence-corrected chi connectivity index (χ2v) is 3.66. The van der Waals surface area contributed by atoms with E-state index in [0.717, 1.165) is 0 Å². The van der Waals surface area contributed by atoms with Gasteiger partial charge in [-0.05, 0) is 12.1 Å². The standard InChI is InChI=1S/C13H17N3O3/c1-3-7-14-12(17)10-5-4-6-11(16-10)13(18)15-8-9-19-2/h3-6H,1,7-9H2,2H3,(H,14,17)(H,15,18). The van der Waals surface area contributed by atoms with Crippen LogP contribution >= 0.6 is 0 Å². The van der Waals surface area contributed by atoms with Crippen LogP contribution in [0.3, 0.4) is 0 Å². The van der Waals surface area contributed by atoms with E-state index in [4.69, 9.17) is 4.74 Å². The van der Waals surface area contributed by atoms with Gasteiger partial charge in [0.15, 0.2) is 0 Å². The number of pyridine rings is 1. The molecule has 0 aliphatic rings. The second kappa shape index (κ2) is 7.99. The van der Waals surface area contributed by atoms with Crippen molar-refractivity contribution in [2.24, 2.45) is 0 Å². The Kier molecular flexibility index (Phi) is 6.25. The van der Waals surface area contributed by atoms with Crippen LogP contribution in [0.1, 0.15) is 21.0 Å². The van der Waals surface area contributed by atoms with E-state index in [-0.39, 0.29) is 23.2 Å². The fraction of sp³-hybridized carbons (Fsp3) is 0.308. The molecule has 2 N–H and O–H groups in total. The predicted octanol–water partition coefficient (Wildman–Crippen LogP) is 0.374. The Morgan fingerprint density at radius 1 is 1.32 bits per heavy atom. The number of carbonyl (C=O) groups is 2. The van der Waals surface area contributed by atoms with E-state index in [1.807, 2.05) is 0 Å². The van der Waals surface area contributed by atoms with Gasteiger partial charge in [0, 0.05) is 20.2 Å². The summed E-state index contributed by atoms with van der Waals surface area (Å²) in [4.78, 5) is 27.4. The van der Waals surface area contributed by atoms with Crippen molar-refractivity contribution >= 4 is 11.8 Å². The number of nitrogens with one attached hydrogen (secondary N) is 2. The molecule has 2 amide bonds. The minimum atomic E-state index is -0.341. The van der Waals surface area contributed by atoms with E-state index in [2.05, 4.69) is 22.2 Å². The van der Waals surface area contributed by atoms with Crippen LogP contribution in [0.2, 0.25) is 0 Å². The molecule has 0 radical (unpaired) electrons. The van der Waals surface area contributed by atoms with Gasteiger partial charge >= 0.3 is 0 Å². The Balaban J connectivity index is 2.68. The lowest BCUT2D eigenvalue weighted by atomic mass is 10.2. The number of carbonyl (C=O) groups excluding carboxylic acids is 2. The molecule has 19 heavy (non-hydrogen) atoms. The van der Waals surface area contributed by atoms with E-state index < -0.39 is 0 Å². The number of amides is 2. The number of hydrogen-bond donors (Lipinski definition) is 2. The first-order valence-corrected chi connectivity index (χ1v) is 5.82. The molecule has 6 nitrogen and oxygen atoms in total. The normalized spacial score (nSPS) is 9.74. The van der Waals surface area contributed by atoms with Crippen molar-refractivity contribution in [2.75, 3.05) is 26.8 Å². The average Bonchev–Trinajstić information content (AvgIpc) is 2.45. The van der Waals surface area contributed by atoms with Crippen LogP contribution in [-0.2, 0) is 4.74 Å². The summed E-state index contributed by atoms with van der Waals surface area (Å²) in [6.07, 6.45) is 1.57. The van der Waals surface area contributed by atoms with E-state index >= 15 is 0 Å². The summed E-state index contributed by atoms with van der Waals surface area (Å²) < 4.78 is 4.83. The molecule has 0 fully saturated rings. The molecule has 0 atom stereocenters. The lowest BCUT2D eigenvalue weighted by Crippen LogP contribution is -2.29. The van der Waals surface area contributed by atoms with Crippen LogP contribution in [0.5, 0.6) is 0 Å². The molecule has 0 aromatic carbocycles. The van der Waals surface area contributed by atoms with Gasteiger partial charge in [-0.2, -0.15) is 0 Å². The first kappa shape index (κ1) is 14.8. The molecule has 0 saturated carbocycles. The molecule has 0 aliphatic carbocycles. The molecule has 102 valence electrons. The van der Waals surface area contributed by atoms with Gasteiger partial charge in [0.25, 0.3) is 11.8 Å². The first-order chi connectivity index (χ1) is 9.19. The van der Waals surface area contributed by atoms with Gasteiger partial charge in [-0.1, -0.05) is 12.1 Å². The van der Waals surface area contributed by atoms with Crippen molar-refractivity contribution in [3.63, 3.8) is 0 Å². The summed E-state index contributed by atoms with van der Waals surface area (Å²) in [5, 5.41) is 5.23. The van der Waals surface area contributed by atoms with Gasteiger partial charge in [-0.3, -0.25) is 9.59 Å². The van der Waals surface area contributed by atoms with Crippen LogP contribution in [0.4, 0.5) is 0 Å². The lowest BCUT2D eigenvalue weighted by Gasteiger charge is -2.06. The number of aromatic nitrogens is 1. The van der Waals surface area contributed by atoms with Crippen molar-refractivity contribution < 1.29 is 14.3 Å². The molecule has 6 heteroatoms. The van der Waals surface area contributed by atoms with Crippen molar-refractivity contribution in [1.29, 1.82) is 0 Å². The minimum Gasteiger partial charge on any atom is -0.383 e. The van der Waals surface area contributed by atoms with Crippen LogP contribution in [0, 0.1) is 0 Å². The number of ether oxygens (including phenoxy) is 1. The quantitative estimate of drug-likeness (QED) is 0.550. The third kappa shape index (κ3) is 4.89. The van der Waals surface area contributed by atoms with Crippen LogP contribution < -0.4 is 10.6 Å². The maximum Gasteiger partial charge on any atom is 0.270 e. The minimum absolute atomic E-state index is 0.196. The van der Waals surface area contributed by atoms with Crippen LogP contribution in [-0.4, -0.2) is 43.6 Å². The van der Waals surface area contributed by atoms with Gasteiger partial charge in [0.1, 0.15) is 11.4 Å². The van der Waals surface area contributed by atoms with Crippen LogP contribution in [0.15, 0.2) is 30.9 Å². The number of nitrogens with zero attached hydrogens (tertiary/aromatic N) is 1. The van der Waals surface area contributed by atoms with E-state index in [9.17, 15) is 9.59 Å². The van der Waals surface area contributed by atoms with Gasteiger partial charge < -0.3 is 15.4 Å². The summed E-state index contributed by atoms with van der Waals surface area (Å²) in [5.74, 6) is -0.679. The Hall–Kier alpha value is -2.21. The lowest BCUT2D eigenvalue weighted by molar-refractivity contribution is 0.0931. The molecule has 0 spiro atoms. The monoisotopic (exact) mass is 263 g/mol. The molecule has 1 rings (SSSR count). The van der Waals surface area contributed by atoms with Crippen molar-refractivity contribution in [3.05, 3.63) is 42.2 Å². The molecule has 1 aromatic heterocycles. The molecule has 0 bridgehead atoms. The Morgan fingerprint density at radius 3 is 2.53 bits per heavy atom. The molecule has 0 saturated heterocycles. The molecule has 0 aliphatic heterocycles. The van der Waals surface area contributed by atoms with Crippen molar-refractivity contribution in [3.8, 4) is 0 Å². The highest BCUT2D eigenvalue weighted by Gasteiger charge is 2.11. The molecule has 0 unspecified atom stereocenters. The van der Waals surface area contributed by atoms with E-state index in [0.29, 0.717) is 19.7 Å². The summed E-state index contributed by atoms with van der Waals surface area (Å²) >= 11 is 0. The van der Waals surface area contributed by atoms with Gasteiger partial charge in [-0.15, -0.1) is 6.58 Å². The van der Waals surface area contributed by atoms with E-state index in [1.54, 1.807) is 31.4 Å². The smallest absolute Gasteiger partial charge is 0.270 e. The largest absolute Gasteiger partial charge is 0.383 e. The zero-order valence-electron chi connectivity index (χ0n) is 10.8. The summed E-state index contributed by atoms with van der Waals surface area (Å²) in [6.45, 7) is 4.67. The molecular weight excluding hydrogens is 246 g/mol. The van der Waals surface area contributed by atoms with Crippen molar-refractivity contribution in [1.82, 2.24) is 15.6 Å². The SMILES string of the molecule is C=CCNC(=O)c1cccc(C(=O)NCCOC)n1. The third-order valence-corrected chi connectivity index (χ3v) is 2.21.